The molecule has 2 aromatic heterocycles. The molecule has 0 unspecified atom stereocenters. The molecule has 0 saturated heterocycles. The fraction of sp³-hybridized carbons (Fsp3) is 0.286. The maximum absolute atomic E-state index is 5.96. The lowest BCUT2D eigenvalue weighted by Crippen LogP contribution is -2.17. The molecule has 0 aliphatic heterocycles. The number of rotatable bonds is 6. The van der Waals surface area contributed by atoms with E-state index >= 15 is 0 Å². The number of hydrogen-bond acceptors (Lipinski definition) is 5. The molecule has 2 N–H and O–H groups in total. The zero-order valence-electron chi connectivity index (χ0n) is 15.0. The van der Waals surface area contributed by atoms with Crippen LogP contribution < -0.4 is 10.6 Å². The fourth-order valence-electron chi connectivity index (χ4n) is 3.32. The first kappa shape index (κ1) is 17.7. The number of pyridine rings is 1. The van der Waals surface area contributed by atoms with Gasteiger partial charge in [-0.1, -0.05) is 36.6 Å². The summed E-state index contributed by atoms with van der Waals surface area (Å²) >= 11 is 5.96. The quantitative estimate of drug-likeness (QED) is 0.619. The Labute approximate surface area is 164 Å². The molecule has 0 amide bonds. The van der Waals surface area contributed by atoms with Crippen molar-refractivity contribution in [3.8, 4) is 11.3 Å². The van der Waals surface area contributed by atoms with Crippen LogP contribution in [0.5, 0.6) is 0 Å². The Morgan fingerprint density at radius 3 is 2.44 bits per heavy atom. The van der Waals surface area contributed by atoms with Gasteiger partial charge in [0.2, 0.25) is 5.95 Å². The highest BCUT2D eigenvalue weighted by atomic mass is 35.5. The van der Waals surface area contributed by atoms with Gasteiger partial charge in [0.15, 0.2) is 0 Å². The first-order valence-electron chi connectivity index (χ1n) is 9.30. The van der Waals surface area contributed by atoms with Crippen LogP contribution in [0, 0.1) is 0 Å². The summed E-state index contributed by atoms with van der Waals surface area (Å²) in [5.74, 6) is 1.47. The van der Waals surface area contributed by atoms with E-state index < -0.39 is 0 Å². The monoisotopic (exact) mass is 379 g/mol. The Kier molecular flexibility index (Phi) is 5.49. The number of anilines is 2. The normalized spacial score (nSPS) is 14.3. The number of aromatic nitrogens is 3. The minimum absolute atomic E-state index is 0.460. The van der Waals surface area contributed by atoms with Crippen molar-refractivity contribution >= 4 is 23.4 Å². The number of nitrogens with one attached hydrogen (secondary N) is 2. The van der Waals surface area contributed by atoms with Gasteiger partial charge in [-0.25, -0.2) is 4.98 Å². The van der Waals surface area contributed by atoms with Crippen LogP contribution in [0.1, 0.15) is 31.2 Å². The molecule has 2 heterocycles. The van der Waals surface area contributed by atoms with Gasteiger partial charge in [-0.15, -0.1) is 0 Å². The molecule has 5 nitrogen and oxygen atoms in total. The van der Waals surface area contributed by atoms with Gasteiger partial charge in [-0.2, -0.15) is 4.98 Å². The number of hydrogen-bond donors (Lipinski definition) is 2. The SMILES string of the molecule is Clc1ccc(CNc2cc(-c3ccncc3)nc(NC3CCCC3)n2)cc1. The van der Waals surface area contributed by atoms with E-state index in [1.165, 1.54) is 25.7 Å². The van der Waals surface area contributed by atoms with Crippen LogP contribution >= 0.6 is 11.6 Å². The van der Waals surface area contributed by atoms with Gasteiger partial charge >= 0.3 is 0 Å². The summed E-state index contributed by atoms with van der Waals surface area (Å²) in [4.78, 5) is 13.5. The molecule has 0 atom stereocenters. The van der Waals surface area contributed by atoms with E-state index in [-0.39, 0.29) is 0 Å². The highest BCUT2D eigenvalue weighted by molar-refractivity contribution is 6.30. The predicted octanol–water partition coefficient (Wildman–Crippen LogP) is 5.16. The predicted molar refractivity (Wildman–Crippen MR) is 110 cm³/mol. The molecule has 0 radical (unpaired) electrons. The van der Waals surface area contributed by atoms with E-state index in [9.17, 15) is 0 Å². The molecule has 1 saturated carbocycles. The molecular formula is C21H22ClN5. The average molecular weight is 380 g/mol. The van der Waals surface area contributed by atoms with E-state index in [0.717, 1.165) is 27.7 Å². The fourth-order valence-corrected chi connectivity index (χ4v) is 3.45. The van der Waals surface area contributed by atoms with Crippen LogP contribution in [-0.4, -0.2) is 21.0 Å². The third kappa shape index (κ3) is 4.74. The lowest BCUT2D eigenvalue weighted by molar-refractivity contribution is 0.744. The van der Waals surface area contributed by atoms with Crippen molar-refractivity contribution < 1.29 is 0 Å². The van der Waals surface area contributed by atoms with Gasteiger partial charge in [-0.05, 0) is 42.7 Å². The maximum Gasteiger partial charge on any atom is 0.225 e. The average Bonchev–Trinajstić information content (AvgIpc) is 3.21. The maximum atomic E-state index is 5.96. The van der Waals surface area contributed by atoms with E-state index in [1.54, 1.807) is 12.4 Å². The molecule has 1 fully saturated rings. The minimum atomic E-state index is 0.460. The molecule has 138 valence electrons. The number of halogens is 1. The van der Waals surface area contributed by atoms with E-state index in [1.807, 2.05) is 42.5 Å². The van der Waals surface area contributed by atoms with Crippen LogP contribution in [0.15, 0.2) is 54.9 Å². The van der Waals surface area contributed by atoms with Gasteiger partial charge in [0, 0.05) is 41.6 Å². The molecule has 1 aromatic carbocycles. The Morgan fingerprint density at radius 2 is 1.70 bits per heavy atom. The van der Waals surface area contributed by atoms with Crippen molar-refractivity contribution in [2.45, 2.75) is 38.3 Å². The molecule has 1 aliphatic rings. The standard InChI is InChI=1S/C21H22ClN5/c22-17-7-5-15(6-8-17)14-24-20-13-19(16-9-11-23-12-10-16)26-21(27-20)25-18-3-1-2-4-18/h5-13,18H,1-4,14H2,(H2,24,25,26,27). The molecular weight excluding hydrogens is 358 g/mol. The summed E-state index contributed by atoms with van der Waals surface area (Å²) in [5, 5.41) is 7.65. The van der Waals surface area contributed by atoms with Crippen LogP contribution in [0.2, 0.25) is 5.02 Å². The second-order valence-electron chi connectivity index (χ2n) is 6.80. The summed E-state index contributed by atoms with van der Waals surface area (Å²) < 4.78 is 0. The number of benzene rings is 1. The summed E-state index contributed by atoms with van der Waals surface area (Å²) in [5.41, 5.74) is 3.05. The molecule has 0 bridgehead atoms. The number of nitrogens with zero attached hydrogens (tertiary/aromatic N) is 3. The zero-order chi connectivity index (χ0) is 18.5. The molecule has 1 aliphatic carbocycles. The highest BCUT2D eigenvalue weighted by Gasteiger charge is 2.16. The third-order valence-electron chi connectivity index (χ3n) is 4.78. The van der Waals surface area contributed by atoms with E-state index in [4.69, 9.17) is 16.6 Å². The molecule has 4 rings (SSSR count). The Hall–Kier alpha value is -2.66. The Morgan fingerprint density at radius 1 is 0.963 bits per heavy atom. The van der Waals surface area contributed by atoms with Gasteiger partial charge in [-0.3, -0.25) is 4.98 Å². The zero-order valence-corrected chi connectivity index (χ0v) is 15.8. The van der Waals surface area contributed by atoms with Crippen molar-refractivity contribution in [2.75, 3.05) is 10.6 Å². The lowest BCUT2D eigenvalue weighted by atomic mass is 10.2. The van der Waals surface area contributed by atoms with Crippen molar-refractivity contribution in [3.63, 3.8) is 0 Å². The van der Waals surface area contributed by atoms with Gasteiger partial charge in [0.25, 0.3) is 0 Å². The van der Waals surface area contributed by atoms with Gasteiger partial charge < -0.3 is 10.6 Å². The second-order valence-corrected chi connectivity index (χ2v) is 7.24. The van der Waals surface area contributed by atoms with Gasteiger partial charge in [0.1, 0.15) is 5.82 Å². The molecule has 0 spiro atoms. The largest absolute Gasteiger partial charge is 0.366 e. The summed E-state index contributed by atoms with van der Waals surface area (Å²) in [6, 6.07) is 14.2. The van der Waals surface area contributed by atoms with E-state index in [0.29, 0.717) is 18.5 Å². The first-order valence-corrected chi connectivity index (χ1v) is 9.68. The minimum Gasteiger partial charge on any atom is -0.366 e. The highest BCUT2D eigenvalue weighted by Crippen LogP contribution is 2.25. The summed E-state index contributed by atoms with van der Waals surface area (Å²) in [6.45, 7) is 0.673. The summed E-state index contributed by atoms with van der Waals surface area (Å²) in [6.07, 6.45) is 8.45. The van der Waals surface area contributed by atoms with Crippen molar-refractivity contribution in [1.82, 2.24) is 15.0 Å². The molecule has 3 aromatic rings. The van der Waals surface area contributed by atoms with Crippen molar-refractivity contribution in [2.24, 2.45) is 0 Å². The topological polar surface area (TPSA) is 62.7 Å². The van der Waals surface area contributed by atoms with Crippen molar-refractivity contribution in [3.05, 3.63) is 65.4 Å². The van der Waals surface area contributed by atoms with Crippen LogP contribution in [-0.2, 0) is 6.54 Å². The molecule has 27 heavy (non-hydrogen) atoms. The van der Waals surface area contributed by atoms with E-state index in [2.05, 4.69) is 20.6 Å². The van der Waals surface area contributed by atoms with Crippen LogP contribution in [0.25, 0.3) is 11.3 Å². The van der Waals surface area contributed by atoms with Crippen LogP contribution in [0.3, 0.4) is 0 Å². The first-order chi connectivity index (χ1) is 13.3. The Balaban J connectivity index is 1.57. The van der Waals surface area contributed by atoms with Gasteiger partial charge in [0.05, 0.1) is 5.69 Å². The Bertz CT molecular complexity index is 877. The van der Waals surface area contributed by atoms with Crippen molar-refractivity contribution in [1.29, 1.82) is 0 Å². The lowest BCUT2D eigenvalue weighted by Gasteiger charge is -2.15. The van der Waals surface area contributed by atoms with Crippen LogP contribution in [0.4, 0.5) is 11.8 Å². The third-order valence-corrected chi connectivity index (χ3v) is 5.03. The summed E-state index contributed by atoms with van der Waals surface area (Å²) in [7, 11) is 0. The second kappa shape index (κ2) is 8.35. The smallest absolute Gasteiger partial charge is 0.225 e. The molecule has 6 heteroatoms.